The van der Waals surface area contributed by atoms with Gasteiger partial charge in [0.1, 0.15) is 19.0 Å². The average molecular weight is 533 g/mol. The molecular weight excluding hydrogens is 510 g/mol. The van der Waals surface area contributed by atoms with Gasteiger partial charge >= 0.3 is 0 Å². The number of alkyl halides is 2. The summed E-state index contributed by atoms with van der Waals surface area (Å²) in [5.74, 6) is -3.04. The van der Waals surface area contributed by atoms with Crippen molar-refractivity contribution in [1.82, 2.24) is 34.3 Å². The predicted molar refractivity (Wildman–Crippen MR) is 129 cm³/mol. The molecule has 1 N–H and O–H groups in total. The Kier molecular flexibility index (Phi) is 6.89. The number of hydrogen-bond acceptors (Lipinski definition) is 8. The van der Waals surface area contributed by atoms with Gasteiger partial charge in [-0.1, -0.05) is 11.6 Å². The molecule has 14 heteroatoms. The third-order valence-electron chi connectivity index (χ3n) is 5.82. The summed E-state index contributed by atoms with van der Waals surface area (Å²) in [7, 11) is 1.47. The maximum absolute atomic E-state index is 13.6. The third kappa shape index (κ3) is 5.47. The van der Waals surface area contributed by atoms with E-state index in [9.17, 15) is 13.6 Å². The summed E-state index contributed by atoms with van der Waals surface area (Å²) in [5.41, 5.74) is 2.92. The molecule has 1 amide bonds. The predicted octanol–water partition coefficient (Wildman–Crippen LogP) is 3.10. The summed E-state index contributed by atoms with van der Waals surface area (Å²) < 4.78 is 41.3. The van der Waals surface area contributed by atoms with Crippen molar-refractivity contribution in [3.05, 3.63) is 53.7 Å². The lowest BCUT2D eigenvalue weighted by Crippen LogP contribution is -2.34. The molecule has 1 fully saturated rings. The highest BCUT2D eigenvalue weighted by Gasteiger charge is 2.40. The number of nitrogens with one attached hydrogen (secondary N) is 1. The normalized spacial score (nSPS) is 14.9. The van der Waals surface area contributed by atoms with E-state index in [0.717, 1.165) is 10.5 Å². The van der Waals surface area contributed by atoms with Crippen LogP contribution in [0.15, 0.2) is 43.1 Å². The number of pyridine rings is 1. The van der Waals surface area contributed by atoms with Crippen molar-refractivity contribution in [2.45, 2.75) is 25.5 Å². The number of carbonyl (C=O) groups excluding carboxylic acids is 1. The Morgan fingerprint density at radius 1 is 1.30 bits per heavy atom. The summed E-state index contributed by atoms with van der Waals surface area (Å²) in [6.45, 7) is -0.463. The number of halogens is 3. The fourth-order valence-electron chi connectivity index (χ4n) is 4.04. The Balaban J connectivity index is 1.33. The highest BCUT2D eigenvalue weighted by Crippen LogP contribution is 2.34. The number of fused-ring (bicyclic) bond motifs is 1. The molecule has 4 aromatic rings. The van der Waals surface area contributed by atoms with Gasteiger partial charge in [-0.25, -0.2) is 23.3 Å². The minimum Gasteiger partial charge on any atom is -0.481 e. The van der Waals surface area contributed by atoms with E-state index in [1.165, 1.54) is 18.0 Å². The molecule has 194 valence electrons. The number of amides is 1. The van der Waals surface area contributed by atoms with Crippen LogP contribution in [0.5, 0.6) is 5.88 Å². The number of methoxy groups -OCH3 is 1. The van der Waals surface area contributed by atoms with Crippen LogP contribution in [0.3, 0.4) is 0 Å². The fourth-order valence-corrected chi connectivity index (χ4v) is 4.20. The molecule has 0 saturated carbocycles. The van der Waals surface area contributed by atoms with Gasteiger partial charge in [-0.2, -0.15) is 10.2 Å². The monoisotopic (exact) mass is 532 g/mol. The Morgan fingerprint density at radius 3 is 2.95 bits per heavy atom. The lowest BCUT2D eigenvalue weighted by Gasteiger charge is -2.15. The second-order valence-electron chi connectivity index (χ2n) is 8.45. The van der Waals surface area contributed by atoms with Crippen LogP contribution in [0.25, 0.3) is 16.9 Å². The van der Waals surface area contributed by atoms with Crippen LogP contribution < -0.4 is 10.1 Å². The van der Waals surface area contributed by atoms with Crippen LogP contribution in [-0.4, -0.2) is 73.0 Å². The number of anilines is 1. The van der Waals surface area contributed by atoms with Gasteiger partial charge in [0.15, 0.2) is 5.65 Å². The van der Waals surface area contributed by atoms with E-state index in [1.54, 1.807) is 41.4 Å². The van der Waals surface area contributed by atoms with Crippen molar-refractivity contribution in [3.8, 4) is 17.1 Å². The van der Waals surface area contributed by atoms with Crippen molar-refractivity contribution in [2.75, 3.05) is 32.2 Å². The zero-order valence-electron chi connectivity index (χ0n) is 19.8. The molecule has 0 aromatic carbocycles. The number of hydrogen-bond donors (Lipinski definition) is 1. The Labute approximate surface area is 215 Å². The molecule has 0 spiro atoms. The first-order valence-corrected chi connectivity index (χ1v) is 11.7. The quantitative estimate of drug-likeness (QED) is 0.258. The van der Waals surface area contributed by atoms with E-state index >= 15 is 0 Å². The molecule has 5 rings (SSSR count). The van der Waals surface area contributed by atoms with E-state index in [-0.39, 0.29) is 38.7 Å². The molecule has 4 aromatic heterocycles. The molecule has 0 radical (unpaired) electrons. The first-order chi connectivity index (χ1) is 17.8. The second-order valence-corrected chi connectivity index (χ2v) is 8.88. The van der Waals surface area contributed by atoms with E-state index < -0.39 is 18.4 Å². The lowest BCUT2D eigenvalue weighted by molar-refractivity contribution is -0.132. The van der Waals surface area contributed by atoms with Crippen molar-refractivity contribution in [3.63, 3.8) is 0 Å². The highest BCUT2D eigenvalue weighted by molar-refractivity contribution is 6.30. The van der Waals surface area contributed by atoms with Gasteiger partial charge in [0.25, 0.3) is 5.92 Å². The number of carbonyl (C=O) groups is 1. The van der Waals surface area contributed by atoms with Crippen LogP contribution in [-0.2, 0) is 22.7 Å². The van der Waals surface area contributed by atoms with Crippen molar-refractivity contribution < 1.29 is 23.0 Å². The summed E-state index contributed by atoms with van der Waals surface area (Å²) in [6, 6.07) is 3.42. The van der Waals surface area contributed by atoms with E-state index in [0.29, 0.717) is 27.6 Å². The smallest absolute Gasteiger partial charge is 0.267 e. The summed E-state index contributed by atoms with van der Waals surface area (Å²) in [5, 5.41) is 12.3. The van der Waals surface area contributed by atoms with Crippen LogP contribution >= 0.6 is 11.6 Å². The molecule has 1 aliphatic rings. The summed E-state index contributed by atoms with van der Waals surface area (Å²) >= 11 is 6.17. The molecule has 0 atom stereocenters. The van der Waals surface area contributed by atoms with Crippen molar-refractivity contribution in [1.29, 1.82) is 0 Å². The standard InChI is InChI=1S/C23H23ClF2N8O3/c1-36-22-17(7-16(24)9-28-22)20-18(10-33(31-20)11-19(35)32-6-3-23(25,26)13-32)29-14-37-12-15-8-30-34-5-2-4-27-21(15)34/h2,4-5,7-10,29H,3,6,11-14H2,1H3. The Bertz CT molecular complexity index is 1430. The molecular formula is C23H23ClF2N8O3. The third-order valence-corrected chi connectivity index (χ3v) is 6.03. The number of aromatic nitrogens is 6. The van der Waals surface area contributed by atoms with Crippen LogP contribution in [0.1, 0.15) is 12.0 Å². The molecule has 0 bridgehead atoms. The van der Waals surface area contributed by atoms with Crippen molar-refractivity contribution in [2.24, 2.45) is 0 Å². The maximum atomic E-state index is 13.6. The van der Waals surface area contributed by atoms with Crippen LogP contribution in [0, 0.1) is 0 Å². The minimum atomic E-state index is -2.87. The van der Waals surface area contributed by atoms with Gasteiger partial charge in [0.2, 0.25) is 11.8 Å². The van der Waals surface area contributed by atoms with Crippen molar-refractivity contribution >= 4 is 28.8 Å². The minimum absolute atomic E-state index is 0.00332. The topological polar surface area (TPSA) is 112 Å². The number of likely N-dealkylation sites (tertiary alicyclic amines) is 1. The molecule has 0 aliphatic carbocycles. The van der Waals surface area contributed by atoms with E-state index in [2.05, 4.69) is 25.5 Å². The van der Waals surface area contributed by atoms with E-state index in [4.69, 9.17) is 21.1 Å². The largest absolute Gasteiger partial charge is 0.481 e. The van der Waals surface area contributed by atoms with Crippen LogP contribution in [0.4, 0.5) is 14.5 Å². The zero-order valence-corrected chi connectivity index (χ0v) is 20.5. The number of ether oxygens (including phenoxy) is 2. The Hall–Kier alpha value is -3.84. The molecule has 11 nitrogen and oxygen atoms in total. The summed E-state index contributed by atoms with van der Waals surface area (Å²) in [4.78, 5) is 22.3. The van der Waals surface area contributed by atoms with Gasteiger partial charge in [-0.15, -0.1) is 0 Å². The first kappa shape index (κ1) is 24.8. The first-order valence-electron chi connectivity index (χ1n) is 11.3. The molecule has 37 heavy (non-hydrogen) atoms. The van der Waals surface area contributed by atoms with Gasteiger partial charge in [-0.3, -0.25) is 9.48 Å². The lowest BCUT2D eigenvalue weighted by atomic mass is 10.2. The van der Waals surface area contributed by atoms with Gasteiger partial charge in [0, 0.05) is 43.3 Å². The van der Waals surface area contributed by atoms with Crippen LogP contribution in [0.2, 0.25) is 5.02 Å². The molecule has 0 unspecified atom stereocenters. The van der Waals surface area contributed by atoms with Gasteiger partial charge in [-0.05, 0) is 12.1 Å². The number of nitrogens with zero attached hydrogens (tertiary/aromatic N) is 7. The van der Waals surface area contributed by atoms with E-state index in [1.807, 2.05) is 0 Å². The average Bonchev–Trinajstić information content (AvgIpc) is 3.58. The van der Waals surface area contributed by atoms with Gasteiger partial charge < -0.3 is 19.7 Å². The Morgan fingerprint density at radius 2 is 2.16 bits per heavy atom. The maximum Gasteiger partial charge on any atom is 0.267 e. The summed E-state index contributed by atoms with van der Waals surface area (Å²) in [6.07, 6.45) is 7.85. The molecule has 5 heterocycles. The fraction of sp³-hybridized carbons (Fsp3) is 0.348. The van der Waals surface area contributed by atoms with Gasteiger partial charge in [0.05, 0.1) is 42.7 Å². The number of rotatable bonds is 9. The highest BCUT2D eigenvalue weighted by atomic mass is 35.5. The zero-order chi connectivity index (χ0) is 26.0. The second kappa shape index (κ2) is 10.3. The molecule has 1 saturated heterocycles. The SMILES string of the molecule is COc1ncc(Cl)cc1-c1nn(CC(=O)N2CCC(F)(F)C2)cc1NCOCc1cnn2cccnc12. The molecule has 1 aliphatic heterocycles.